The molecule has 0 bridgehead atoms. The van der Waals surface area contributed by atoms with E-state index in [0.717, 1.165) is 36.7 Å². The third-order valence-corrected chi connectivity index (χ3v) is 3.34. The van der Waals surface area contributed by atoms with E-state index >= 15 is 0 Å². The van der Waals surface area contributed by atoms with Gasteiger partial charge in [0, 0.05) is 25.2 Å². The van der Waals surface area contributed by atoms with Gasteiger partial charge < -0.3 is 9.47 Å². The summed E-state index contributed by atoms with van der Waals surface area (Å²) in [6.45, 7) is 3.04. The van der Waals surface area contributed by atoms with Gasteiger partial charge in [0.25, 0.3) is 0 Å². The maximum atomic E-state index is 5.37. The summed E-state index contributed by atoms with van der Waals surface area (Å²) >= 11 is 0. The van der Waals surface area contributed by atoms with Gasteiger partial charge in [0.1, 0.15) is 11.5 Å². The normalized spacial score (nSPS) is 16.6. The van der Waals surface area contributed by atoms with Crippen LogP contribution in [0.25, 0.3) is 0 Å². The second kappa shape index (κ2) is 6.61. The monoisotopic (exact) mass is 250 g/mol. The van der Waals surface area contributed by atoms with Gasteiger partial charge in [-0.15, -0.1) is 0 Å². The van der Waals surface area contributed by atoms with Crippen LogP contribution in [0, 0.1) is 0 Å². The summed E-state index contributed by atoms with van der Waals surface area (Å²) in [6, 6.07) is 5.89. The second-order valence-corrected chi connectivity index (χ2v) is 4.56. The molecule has 18 heavy (non-hydrogen) atoms. The van der Waals surface area contributed by atoms with Gasteiger partial charge >= 0.3 is 0 Å². The van der Waals surface area contributed by atoms with Crippen molar-refractivity contribution in [2.24, 2.45) is 0 Å². The standard InChI is InChI=1S/C14H22N2O2/c1-17-13-6-7-14(18-2)12(10-13)11-15-16-8-4-3-5-9-16/h6-7,10,15H,3-5,8-9,11H2,1-2H3. The van der Waals surface area contributed by atoms with E-state index in [-0.39, 0.29) is 0 Å². The molecule has 4 nitrogen and oxygen atoms in total. The molecule has 2 rings (SSSR count). The summed E-state index contributed by atoms with van der Waals surface area (Å²) in [5, 5.41) is 2.29. The first-order chi connectivity index (χ1) is 8.83. The number of methoxy groups -OCH3 is 2. The molecule has 0 spiro atoms. The van der Waals surface area contributed by atoms with Gasteiger partial charge in [0.05, 0.1) is 14.2 Å². The van der Waals surface area contributed by atoms with Crippen LogP contribution in [0.15, 0.2) is 18.2 Å². The first-order valence-corrected chi connectivity index (χ1v) is 6.53. The molecule has 1 aromatic carbocycles. The zero-order valence-corrected chi connectivity index (χ0v) is 11.2. The van der Waals surface area contributed by atoms with E-state index in [1.807, 2.05) is 18.2 Å². The van der Waals surface area contributed by atoms with Gasteiger partial charge in [-0.25, -0.2) is 5.01 Å². The SMILES string of the molecule is COc1ccc(OC)c(CNN2CCCCC2)c1. The molecule has 1 fully saturated rings. The first kappa shape index (κ1) is 13.2. The average Bonchev–Trinajstić information content (AvgIpc) is 2.45. The lowest BCUT2D eigenvalue weighted by Crippen LogP contribution is -2.41. The number of benzene rings is 1. The van der Waals surface area contributed by atoms with Crippen molar-refractivity contribution in [1.29, 1.82) is 0 Å². The highest BCUT2D eigenvalue weighted by atomic mass is 16.5. The summed E-state index contributed by atoms with van der Waals surface area (Å²) in [4.78, 5) is 0. The molecule has 1 N–H and O–H groups in total. The van der Waals surface area contributed by atoms with Crippen LogP contribution in [0.5, 0.6) is 11.5 Å². The van der Waals surface area contributed by atoms with E-state index in [0.29, 0.717) is 0 Å². The highest BCUT2D eigenvalue weighted by Crippen LogP contribution is 2.23. The van der Waals surface area contributed by atoms with Crippen molar-refractivity contribution in [2.75, 3.05) is 27.3 Å². The van der Waals surface area contributed by atoms with E-state index in [2.05, 4.69) is 10.4 Å². The number of hydrazine groups is 1. The summed E-state index contributed by atoms with van der Waals surface area (Å²) in [7, 11) is 3.38. The summed E-state index contributed by atoms with van der Waals surface area (Å²) in [5.41, 5.74) is 4.59. The van der Waals surface area contributed by atoms with Crippen LogP contribution in [-0.2, 0) is 6.54 Å². The Balaban J connectivity index is 1.97. The third kappa shape index (κ3) is 3.37. The molecule has 0 unspecified atom stereocenters. The Kier molecular flexibility index (Phi) is 4.84. The first-order valence-electron chi connectivity index (χ1n) is 6.53. The fourth-order valence-electron chi connectivity index (χ4n) is 2.27. The summed E-state index contributed by atoms with van der Waals surface area (Å²) in [6.07, 6.45) is 3.91. The number of hydrogen-bond acceptors (Lipinski definition) is 4. The van der Waals surface area contributed by atoms with Crippen molar-refractivity contribution >= 4 is 0 Å². The average molecular weight is 250 g/mol. The minimum atomic E-state index is 0.778. The van der Waals surface area contributed by atoms with Crippen LogP contribution in [0.4, 0.5) is 0 Å². The predicted octanol–water partition coefficient (Wildman–Crippen LogP) is 2.19. The summed E-state index contributed by atoms with van der Waals surface area (Å²) in [5.74, 6) is 1.77. The van der Waals surface area contributed by atoms with Crippen LogP contribution < -0.4 is 14.9 Å². The van der Waals surface area contributed by atoms with Crippen LogP contribution >= 0.6 is 0 Å². The smallest absolute Gasteiger partial charge is 0.123 e. The van der Waals surface area contributed by atoms with Crippen molar-refractivity contribution in [3.63, 3.8) is 0 Å². The Morgan fingerprint density at radius 2 is 1.89 bits per heavy atom. The molecule has 1 aromatic rings. The molecule has 0 amide bonds. The van der Waals surface area contributed by atoms with E-state index in [4.69, 9.17) is 9.47 Å². The molecular weight excluding hydrogens is 228 g/mol. The quantitative estimate of drug-likeness (QED) is 0.868. The minimum absolute atomic E-state index is 0.778. The van der Waals surface area contributed by atoms with E-state index in [1.54, 1.807) is 14.2 Å². The summed E-state index contributed by atoms with van der Waals surface area (Å²) < 4.78 is 10.6. The van der Waals surface area contributed by atoms with Gasteiger partial charge in [-0.2, -0.15) is 0 Å². The molecule has 1 aliphatic heterocycles. The Morgan fingerprint density at radius 1 is 1.11 bits per heavy atom. The number of ether oxygens (including phenoxy) is 2. The molecule has 4 heteroatoms. The fourth-order valence-corrected chi connectivity index (χ4v) is 2.27. The molecule has 100 valence electrons. The molecule has 0 aliphatic carbocycles. The molecule has 0 aromatic heterocycles. The Hall–Kier alpha value is -1.26. The van der Waals surface area contributed by atoms with Crippen molar-refractivity contribution in [3.8, 4) is 11.5 Å². The lowest BCUT2D eigenvalue weighted by atomic mass is 10.1. The van der Waals surface area contributed by atoms with Crippen LogP contribution in [0.2, 0.25) is 0 Å². The van der Waals surface area contributed by atoms with Gasteiger partial charge in [-0.1, -0.05) is 6.42 Å². The van der Waals surface area contributed by atoms with Gasteiger partial charge in [0.2, 0.25) is 0 Å². The van der Waals surface area contributed by atoms with E-state index in [9.17, 15) is 0 Å². The molecule has 1 saturated heterocycles. The van der Waals surface area contributed by atoms with E-state index < -0.39 is 0 Å². The number of nitrogens with one attached hydrogen (secondary N) is 1. The Morgan fingerprint density at radius 3 is 2.56 bits per heavy atom. The molecule has 0 atom stereocenters. The Labute approximate surface area is 109 Å². The van der Waals surface area contributed by atoms with Crippen molar-refractivity contribution in [1.82, 2.24) is 10.4 Å². The largest absolute Gasteiger partial charge is 0.497 e. The Bertz CT molecular complexity index is 376. The minimum Gasteiger partial charge on any atom is -0.497 e. The second-order valence-electron chi connectivity index (χ2n) is 4.56. The van der Waals surface area contributed by atoms with Gasteiger partial charge in [-0.3, -0.25) is 5.43 Å². The maximum absolute atomic E-state index is 5.37. The number of nitrogens with zero attached hydrogens (tertiary/aromatic N) is 1. The van der Waals surface area contributed by atoms with Gasteiger partial charge in [-0.05, 0) is 31.0 Å². The maximum Gasteiger partial charge on any atom is 0.123 e. The topological polar surface area (TPSA) is 33.7 Å². The fraction of sp³-hybridized carbons (Fsp3) is 0.571. The molecule has 1 heterocycles. The van der Waals surface area contributed by atoms with Crippen LogP contribution in [0.1, 0.15) is 24.8 Å². The highest BCUT2D eigenvalue weighted by Gasteiger charge is 2.11. The molecule has 1 aliphatic rings. The van der Waals surface area contributed by atoms with Crippen molar-refractivity contribution in [3.05, 3.63) is 23.8 Å². The highest BCUT2D eigenvalue weighted by molar-refractivity contribution is 5.40. The van der Waals surface area contributed by atoms with Gasteiger partial charge in [0.15, 0.2) is 0 Å². The van der Waals surface area contributed by atoms with Crippen molar-refractivity contribution < 1.29 is 9.47 Å². The lowest BCUT2D eigenvalue weighted by molar-refractivity contribution is 0.150. The molecule has 0 radical (unpaired) electrons. The van der Waals surface area contributed by atoms with Crippen LogP contribution in [0.3, 0.4) is 0 Å². The molecular formula is C14H22N2O2. The van der Waals surface area contributed by atoms with Crippen LogP contribution in [-0.4, -0.2) is 32.3 Å². The zero-order valence-electron chi connectivity index (χ0n) is 11.2. The molecule has 0 saturated carbocycles. The van der Waals surface area contributed by atoms with E-state index in [1.165, 1.54) is 19.3 Å². The predicted molar refractivity (Wildman–Crippen MR) is 71.8 cm³/mol. The number of rotatable bonds is 5. The third-order valence-electron chi connectivity index (χ3n) is 3.34. The number of hydrogen-bond donors (Lipinski definition) is 1. The number of piperidine rings is 1. The zero-order chi connectivity index (χ0) is 12.8. The lowest BCUT2D eigenvalue weighted by Gasteiger charge is -2.27. The van der Waals surface area contributed by atoms with Crippen molar-refractivity contribution in [2.45, 2.75) is 25.8 Å².